The van der Waals surface area contributed by atoms with Crippen molar-refractivity contribution in [1.82, 2.24) is 0 Å². The third kappa shape index (κ3) is 8.65. The first kappa shape index (κ1) is 18.9. The van der Waals surface area contributed by atoms with Gasteiger partial charge in [0.05, 0.1) is 12.2 Å². The van der Waals surface area contributed by atoms with E-state index in [1.807, 2.05) is 0 Å². The molecule has 0 saturated carbocycles. The number of thioether (sulfide) groups is 1. The van der Waals surface area contributed by atoms with Crippen LogP contribution in [-0.2, 0) is 0 Å². The fraction of sp³-hybridized carbons (Fsp3) is 1.00. The lowest BCUT2D eigenvalue weighted by Crippen LogP contribution is -2.44. The Morgan fingerprint density at radius 1 is 1.12 bits per heavy atom. The first-order chi connectivity index (χ1) is 6.84. The summed E-state index contributed by atoms with van der Waals surface area (Å²) in [7, 11) is 0. The van der Waals surface area contributed by atoms with Gasteiger partial charge in [0.2, 0.25) is 0 Å². The molecule has 0 amide bonds. The van der Waals surface area contributed by atoms with E-state index < -0.39 is 12.2 Å². The van der Waals surface area contributed by atoms with E-state index >= 15 is 0 Å². The van der Waals surface area contributed by atoms with Crippen molar-refractivity contribution in [2.75, 3.05) is 5.75 Å². The lowest BCUT2D eigenvalue weighted by molar-refractivity contribution is 0.0138. The monoisotopic (exact) mass is 271 g/mol. The summed E-state index contributed by atoms with van der Waals surface area (Å²) >= 11 is 1.64. The first-order valence-corrected chi connectivity index (χ1v) is 6.62. The second-order valence-electron chi connectivity index (χ2n) is 4.73. The third-order valence-electron chi connectivity index (χ3n) is 2.18. The quantitative estimate of drug-likeness (QED) is 0.659. The fourth-order valence-corrected chi connectivity index (χ4v) is 2.14. The molecule has 0 rings (SSSR count). The van der Waals surface area contributed by atoms with Gasteiger partial charge >= 0.3 is 0 Å². The van der Waals surface area contributed by atoms with Crippen molar-refractivity contribution in [3.8, 4) is 0 Å². The molecule has 0 aromatic heterocycles. The average Bonchev–Trinajstić information content (AvgIpc) is 2.11. The molecule has 0 aliphatic heterocycles. The standard InChI is InChI=1S/C11H25NO2S.ClH/c1-7(2)5-9(12)11(14)10(13)6-15-8(3)4;/h7-11,13-14H,5-6,12H2,1-4H3;1H/t9-,10?,11?;/m0./s1. The smallest absolute Gasteiger partial charge is 0.0957 e. The van der Waals surface area contributed by atoms with Gasteiger partial charge in [0, 0.05) is 11.8 Å². The molecule has 0 fully saturated rings. The van der Waals surface area contributed by atoms with Crippen LogP contribution in [0.4, 0.5) is 0 Å². The molecule has 0 aromatic rings. The zero-order valence-electron chi connectivity index (χ0n) is 10.6. The van der Waals surface area contributed by atoms with Gasteiger partial charge in [-0.3, -0.25) is 0 Å². The molecule has 3 nitrogen and oxygen atoms in total. The minimum Gasteiger partial charge on any atom is -0.390 e. The Kier molecular flexibility index (Phi) is 11.3. The van der Waals surface area contributed by atoms with Gasteiger partial charge in [0.1, 0.15) is 0 Å². The van der Waals surface area contributed by atoms with Gasteiger partial charge in [-0.2, -0.15) is 11.8 Å². The van der Waals surface area contributed by atoms with Crippen LogP contribution in [0.1, 0.15) is 34.1 Å². The zero-order chi connectivity index (χ0) is 12.0. The summed E-state index contributed by atoms with van der Waals surface area (Å²) in [6.45, 7) is 8.25. The molecule has 0 saturated heterocycles. The molecular formula is C11H26ClNO2S. The lowest BCUT2D eigenvalue weighted by atomic mass is 9.97. The highest BCUT2D eigenvalue weighted by molar-refractivity contribution is 7.99. The maximum atomic E-state index is 9.76. The highest BCUT2D eigenvalue weighted by atomic mass is 35.5. The predicted octanol–water partition coefficient (Wildman–Crippen LogP) is 1.64. The summed E-state index contributed by atoms with van der Waals surface area (Å²) in [5.41, 5.74) is 5.81. The molecule has 0 heterocycles. The minimum atomic E-state index is -0.807. The van der Waals surface area contributed by atoms with Crippen LogP contribution in [0.3, 0.4) is 0 Å². The van der Waals surface area contributed by atoms with Gasteiger partial charge < -0.3 is 15.9 Å². The summed E-state index contributed by atoms with van der Waals surface area (Å²) in [6, 6.07) is -0.326. The number of rotatable bonds is 7. The van der Waals surface area contributed by atoms with Gasteiger partial charge in [-0.1, -0.05) is 27.7 Å². The molecule has 0 bridgehead atoms. The zero-order valence-corrected chi connectivity index (χ0v) is 12.2. The molecule has 100 valence electrons. The molecule has 3 atom stereocenters. The van der Waals surface area contributed by atoms with Gasteiger partial charge in [-0.25, -0.2) is 0 Å². The highest BCUT2D eigenvalue weighted by Gasteiger charge is 2.24. The molecule has 16 heavy (non-hydrogen) atoms. The largest absolute Gasteiger partial charge is 0.390 e. The minimum absolute atomic E-state index is 0. The van der Waals surface area contributed by atoms with Crippen molar-refractivity contribution in [3.05, 3.63) is 0 Å². The topological polar surface area (TPSA) is 66.5 Å². The lowest BCUT2D eigenvalue weighted by Gasteiger charge is -2.25. The summed E-state index contributed by atoms with van der Waals surface area (Å²) in [5, 5.41) is 19.9. The van der Waals surface area contributed by atoms with Crippen LogP contribution in [-0.4, -0.2) is 39.5 Å². The van der Waals surface area contributed by atoms with Gasteiger partial charge in [-0.15, -0.1) is 12.4 Å². The van der Waals surface area contributed by atoms with E-state index in [0.29, 0.717) is 16.9 Å². The summed E-state index contributed by atoms with van der Waals surface area (Å²) < 4.78 is 0. The maximum absolute atomic E-state index is 9.76. The maximum Gasteiger partial charge on any atom is 0.0957 e. The second-order valence-corrected chi connectivity index (χ2v) is 6.34. The number of aliphatic hydroxyl groups is 2. The molecule has 0 aliphatic carbocycles. The van der Waals surface area contributed by atoms with Crippen molar-refractivity contribution in [2.24, 2.45) is 11.7 Å². The summed E-state index contributed by atoms with van der Waals surface area (Å²) in [5.74, 6) is 0.990. The van der Waals surface area contributed by atoms with E-state index in [0.717, 1.165) is 6.42 Å². The Morgan fingerprint density at radius 2 is 1.62 bits per heavy atom. The van der Waals surface area contributed by atoms with E-state index in [1.165, 1.54) is 0 Å². The fourth-order valence-electron chi connectivity index (χ4n) is 1.36. The molecule has 0 aromatic carbocycles. The van der Waals surface area contributed by atoms with E-state index in [9.17, 15) is 10.2 Å². The SMILES string of the molecule is CC(C)C[C@H](N)C(O)C(O)CSC(C)C.Cl. The van der Waals surface area contributed by atoms with E-state index in [2.05, 4.69) is 27.7 Å². The second kappa shape index (κ2) is 9.54. The first-order valence-electron chi connectivity index (χ1n) is 5.57. The Balaban J connectivity index is 0. The van der Waals surface area contributed by atoms with Crippen LogP contribution in [0.5, 0.6) is 0 Å². The van der Waals surface area contributed by atoms with Crippen molar-refractivity contribution in [2.45, 2.75) is 57.6 Å². The molecule has 5 heteroatoms. The highest BCUT2D eigenvalue weighted by Crippen LogP contribution is 2.15. The Labute approximate surface area is 110 Å². The molecule has 2 unspecified atom stereocenters. The van der Waals surface area contributed by atoms with Gasteiger partial charge in [-0.05, 0) is 17.6 Å². The van der Waals surface area contributed by atoms with Crippen LogP contribution < -0.4 is 5.73 Å². The van der Waals surface area contributed by atoms with Crippen LogP contribution >= 0.6 is 24.2 Å². The number of halogens is 1. The van der Waals surface area contributed by atoms with E-state index in [1.54, 1.807) is 11.8 Å². The normalized spacial score (nSPS) is 17.1. The molecular weight excluding hydrogens is 246 g/mol. The van der Waals surface area contributed by atoms with Crippen molar-refractivity contribution in [1.29, 1.82) is 0 Å². The molecule has 0 aliphatic rings. The van der Waals surface area contributed by atoms with Crippen molar-refractivity contribution < 1.29 is 10.2 Å². The van der Waals surface area contributed by atoms with Gasteiger partial charge in [0.15, 0.2) is 0 Å². The van der Waals surface area contributed by atoms with E-state index in [-0.39, 0.29) is 18.4 Å². The predicted molar refractivity (Wildman–Crippen MR) is 74.3 cm³/mol. The number of nitrogens with two attached hydrogens (primary N) is 1. The summed E-state index contributed by atoms with van der Waals surface area (Å²) in [4.78, 5) is 0. The third-order valence-corrected chi connectivity index (χ3v) is 3.38. The Bertz CT molecular complexity index is 170. The number of hydrogen-bond donors (Lipinski definition) is 3. The molecule has 4 N–H and O–H groups in total. The van der Waals surface area contributed by atoms with E-state index in [4.69, 9.17) is 5.73 Å². The summed E-state index contributed by atoms with van der Waals surface area (Å²) in [6.07, 6.45) is -0.783. The van der Waals surface area contributed by atoms with Gasteiger partial charge in [0.25, 0.3) is 0 Å². The van der Waals surface area contributed by atoms with Crippen LogP contribution in [0.15, 0.2) is 0 Å². The Hall–Kier alpha value is 0.520. The number of aliphatic hydroxyl groups excluding tert-OH is 2. The van der Waals surface area contributed by atoms with Crippen LogP contribution in [0.2, 0.25) is 0 Å². The Morgan fingerprint density at radius 3 is 2.00 bits per heavy atom. The van der Waals surface area contributed by atoms with Crippen LogP contribution in [0, 0.1) is 5.92 Å². The van der Waals surface area contributed by atoms with Crippen molar-refractivity contribution >= 4 is 24.2 Å². The number of hydrogen-bond acceptors (Lipinski definition) is 4. The molecule has 0 radical (unpaired) electrons. The van der Waals surface area contributed by atoms with Crippen molar-refractivity contribution in [3.63, 3.8) is 0 Å². The van der Waals surface area contributed by atoms with Crippen LogP contribution in [0.25, 0.3) is 0 Å². The average molecular weight is 272 g/mol. The molecule has 0 spiro atoms.